The number of aromatic nitrogens is 1. The molecular weight excluding hydrogens is 212 g/mol. The molecule has 0 saturated heterocycles. The van der Waals surface area contributed by atoms with Gasteiger partial charge < -0.3 is 9.73 Å². The second kappa shape index (κ2) is 4.06. The van der Waals surface area contributed by atoms with Crippen LogP contribution in [0.3, 0.4) is 0 Å². The lowest BCUT2D eigenvalue weighted by Crippen LogP contribution is -2.15. The van der Waals surface area contributed by atoms with Crippen molar-refractivity contribution in [2.45, 2.75) is 32.6 Å². The molecular formula is C14H18N2O. The minimum Gasteiger partial charge on any atom is -0.464 e. The normalized spacial score (nSPS) is 17.2. The van der Waals surface area contributed by atoms with E-state index < -0.39 is 0 Å². The van der Waals surface area contributed by atoms with E-state index in [2.05, 4.69) is 17.2 Å². The van der Waals surface area contributed by atoms with Crippen molar-refractivity contribution >= 4 is 16.8 Å². The number of rotatable bonds is 5. The third-order valence-electron chi connectivity index (χ3n) is 3.75. The summed E-state index contributed by atoms with van der Waals surface area (Å²) in [5.74, 6) is 0.957. The quantitative estimate of drug-likeness (QED) is 0.848. The molecule has 90 valence electrons. The molecule has 1 fully saturated rings. The van der Waals surface area contributed by atoms with Crippen LogP contribution in [0.2, 0.25) is 0 Å². The van der Waals surface area contributed by atoms with Crippen LogP contribution in [0, 0.1) is 5.41 Å². The lowest BCUT2D eigenvalue weighted by atomic mass is 10.0. The van der Waals surface area contributed by atoms with E-state index in [-0.39, 0.29) is 0 Å². The summed E-state index contributed by atoms with van der Waals surface area (Å²) in [6, 6.07) is 3.88. The molecule has 1 aliphatic carbocycles. The highest BCUT2D eigenvalue weighted by atomic mass is 16.3. The number of nitrogens with one attached hydrogen (secondary N) is 1. The van der Waals surface area contributed by atoms with Gasteiger partial charge in [-0.3, -0.25) is 0 Å². The molecule has 0 aromatic carbocycles. The minimum absolute atomic E-state index is 0.544. The zero-order chi connectivity index (χ0) is 11.7. The van der Waals surface area contributed by atoms with Gasteiger partial charge in [-0.1, -0.05) is 13.3 Å². The number of pyridine rings is 1. The zero-order valence-corrected chi connectivity index (χ0v) is 10.2. The molecule has 1 N–H and O–H groups in total. The second-order valence-corrected chi connectivity index (χ2v) is 5.10. The average Bonchev–Trinajstić information content (AvgIpc) is 2.92. The third-order valence-corrected chi connectivity index (χ3v) is 3.75. The summed E-state index contributed by atoms with van der Waals surface area (Å²) >= 11 is 0. The molecule has 0 bridgehead atoms. The standard InChI is InChI=1S/C14H18N2O/c1-2-5-14(6-7-14)10-16-13-11-4-9-17-12(11)3-8-15-13/h3-4,8-9H,2,5-7,10H2,1H3,(H,15,16). The fourth-order valence-corrected chi connectivity index (χ4v) is 2.53. The van der Waals surface area contributed by atoms with Crippen molar-refractivity contribution in [2.24, 2.45) is 5.41 Å². The largest absolute Gasteiger partial charge is 0.464 e. The predicted octanol–water partition coefficient (Wildman–Crippen LogP) is 3.82. The highest BCUT2D eigenvalue weighted by molar-refractivity contribution is 5.87. The van der Waals surface area contributed by atoms with Gasteiger partial charge in [-0.2, -0.15) is 0 Å². The van der Waals surface area contributed by atoms with Crippen molar-refractivity contribution in [3.8, 4) is 0 Å². The Morgan fingerprint density at radius 3 is 3.06 bits per heavy atom. The molecule has 2 aromatic rings. The molecule has 2 aromatic heterocycles. The Kier molecular flexibility index (Phi) is 2.54. The maximum absolute atomic E-state index is 5.37. The Bertz CT molecular complexity index is 514. The van der Waals surface area contributed by atoms with Crippen molar-refractivity contribution < 1.29 is 4.42 Å². The zero-order valence-electron chi connectivity index (χ0n) is 10.2. The number of furan rings is 1. The van der Waals surface area contributed by atoms with Crippen LogP contribution in [0.4, 0.5) is 5.82 Å². The van der Waals surface area contributed by atoms with Crippen LogP contribution < -0.4 is 5.32 Å². The molecule has 0 spiro atoms. The van der Waals surface area contributed by atoms with Crippen LogP contribution in [-0.2, 0) is 0 Å². The Morgan fingerprint density at radius 1 is 1.41 bits per heavy atom. The van der Waals surface area contributed by atoms with Crippen molar-refractivity contribution in [3.05, 3.63) is 24.6 Å². The van der Waals surface area contributed by atoms with Gasteiger partial charge in [-0.15, -0.1) is 0 Å². The number of nitrogens with zero attached hydrogens (tertiary/aromatic N) is 1. The molecule has 0 aliphatic heterocycles. The van der Waals surface area contributed by atoms with E-state index in [9.17, 15) is 0 Å². The van der Waals surface area contributed by atoms with Crippen molar-refractivity contribution in [2.75, 3.05) is 11.9 Å². The number of hydrogen-bond donors (Lipinski definition) is 1. The smallest absolute Gasteiger partial charge is 0.139 e. The average molecular weight is 230 g/mol. The minimum atomic E-state index is 0.544. The van der Waals surface area contributed by atoms with Gasteiger partial charge >= 0.3 is 0 Å². The maximum Gasteiger partial charge on any atom is 0.139 e. The summed E-state index contributed by atoms with van der Waals surface area (Å²) in [6.07, 6.45) is 8.82. The van der Waals surface area contributed by atoms with Crippen LogP contribution in [0.25, 0.3) is 11.0 Å². The van der Waals surface area contributed by atoms with E-state index in [0.717, 1.165) is 23.3 Å². The fourth-order valence-electron chi connectivity index (χ4n) is 2.53. The van der Waals surface area contributed by atoms with Gasteiger partial charge in [0.2, 0.25) is 0 Å². The van der Waals surface area contributed by atoms with Gasteiger partial charge in [0.15, 0.2) is 0 Å². The van der Waals surface area contributed by atoms with E-state index in [1.807, 2.05) is 12.1 Å². The Balaban J connectivity index is 1.75. The summed E-state index contributed by atoms with van der Waals surface area (Å²) in [4.78, 5) is 4.40. The van der Waals surface area contributed by atoms with Crippen molar-refractivity contribution in [3.63, 3.8) is 0 Å². The molecule has 3 nitrogen and oxygen atoms in total. The summed E-state index contributed by atoms with van der Waals surface area (Å²) < 4.78 is 5.37. The van der Waals surface area contributed by atoms with Gasteiger partial charge in [-0.25, -0.2) is 4.98 Å². The maximum atomic E-state index is 5.37. The van der Waals surface area contributed by atoms with Crippen molar-refractivity contribution in [1.82, 2.24) is 4.98 Å². The molecule has 0 unspecified atom stereocenters. The van der Waals surface area contributed by atoms with Crippen LogP contribution in [0.5, 0.6) is 0 Å². The molecule has 2 heterocycles. The van der Waals surface area contributed by atoms with Gasteiger partial charge in [0.25, 0.3) is 0 Å². The topological polar surface area (TPSA) is 38.1 Å². The molecule has 3 heteroatoms. The van der Waals surface area contributed by atoms with Crippen LogP contribution in [0.15, 0.2) is 29.0 Å². The molecule has 0 radical (unpaired) electrons. The highest BCUT2D eigenvalue weighted by Crippen LogP contribution is 2.49. The number of fused-ring (bicyclic) bond motifs is 1. The summed E-state index contributed by atoms with van der Waals surface area (Å²) in [7, 11) is 0. The van der Waals surface area contributed by atoms with Crippen LogP contribution >= 0.6 is 0 Å². The molecule has 1 saturated carbocycles. The molecule has 1 aliphatic rings. The molecule has 0 atom stereocenters. The number of hydrogen-bond acceptors (Lipinski definition) is 3. The summed E-state index contributed by atoms with van der Waals surface area (Å²) in [6.45, 7) is 3.30. The molecule has 17 heavy (non-hydrogen) atoms. The van der Waals surface area contributed by atoms with E-state index in [1.165, 1.54) is 25.7 Å². The summed E-state index contributed by atoms with van der Waals surface area (Å²) in [5.41, 5.74) is 1.45. The first-order valence-corrected chi connectivity index (χ1v) is 6.39. The molecule has 0 amide bonds. The van der Waals surface area contributed by atoms with E-state index in [1.54, 1.807) is 12.5 Å². The lowest BCUT2D eigenvalue weighted by Gasteiger charge is -2.15. The molecule has 3 rings (SSSR count). The number of anilines is 1. The van der Waals surface area contributed by atoms with Gasteiger partial charge in [0, 0.05) is 12.7 Å². The van der Waals surface area contributed by atoms with E-state index in [4.69, 9.17) is 4.42 Å². The van der Waals surface area contributed by atoms with Gasteiger partial charge in [0.1, 0.15) is 11.4 Å². The first-order chi connectivity index (χ1) is 8.33. The van der Waals surface area contributed by atoms with E-state index >= 15 is 0 Å². The second-order valence-electron chi connectivity index (χ2n) is 5.10. The lowest BCUT2D eigenvalue weighted by molar-refractivity contribution is 0.485. The van der Waals surface area contributed by atoms with Crippen LogP contribution in [-0.4, -0.2) is 11.5 Å². The Labute approximate surface area is 101 Å². The van der Waals surface area contributed by atoms with Gasteiger partial charge in [0.05, 0.1) is 11.6 Å². The first kappa shape index (κ1) is 10.6. The predicted molar refractivity (Wildman–Crippen MR) is 69.1 cm³/mol. The van der Waals surface area contributed by atoms with Crippen LogP contribution in [0.1, 0.15) is 32.6 Å². The SMILES string of the molecule is CCCC1(CNc2nccc3occc23)CC1. The highest BCUT2D eigenvalue weighted by Gasteiger charge is 2.41. The van der Waals surface area contributed by atoms with Gasteiger partial charge in [-0.05, 0) is 36.8 Å². The summed E-state index contributed by atoms with van der Waals surface area (Å²) in [5, 5.41) is 4.57. The Hall–Kier alpha value is -1.51. The van der Waals surface area contributed by atoms with Crippen molar-refractivity contribution in [1.29, 1.82) is 0 Å². The fraction of sp³-hybridized carbons (Fsp3) is 0.500. The van der Waals surface area contributed by atoms with E-state index in [0.29, 0.717) is 5.41 Å². The third kappa shape index (κ3) is 2.02. The first-order valence-electron chi connectivity index (χ1n) is 6.39. The monoisotopic (exact) mass is 230 g/mol. The Morgan fingerprint density at radius 2 is 2.29 bits per heavy atom.